The van der Waals surface area contributed by atoms with E-state index in [1.807, 2.05) is 0 Å². The van der Waals surface area contributed by atoms with Gasteiger partial charge in [0.25, 0.3) is 5.91 Å². The molecule has 0 aliphatic carbocycles. The van der Waals surface area contributed by atoms with E-state index in [-0.39, 0.29) is 24.1 Å². The van der Waals surface area contributed by atoms with Gasteiger partial charge in [-0.15, -0.1) is 11.3 Å². The van der Waals surface area contributed by atoms with Crippen molar-refractivity contribution in [3.8, 4) is 0 Å². The van der Waals surface area contributed by atoms with Gasteiger partial charge in [-0.25, -0.2) is 0 Å². The van der Waals surface area contributed by atoms with Gasteiger partial charge in [0.15, 0.2) is 10.4 Å². The Bertz CT molecular complexity index is 753. The van der Waals surface area contributed by atoms with Gasteiger partial charge in [-0.3, -0.25) is 14.5 Å². The van der Waals surface area contributed by atoms with Gasteiger partial charge < -0.3 is 14.6 Å². The fraction of sp³-hybridized carbons (Fsp3) is 0.375. The average molecular weight is 491 g/mol. The van der Waals surface area contributed by atoms with E-state index in [2.05, 4.69) is 54.2 Å². The highest BCUT2D eigenvalue weighted by Crippen LogP contribution is 2.23. The van der Waals surface area contributed by atoms with E-state index in [0.717, 1.165) is 23.4 Å². The fourth-order valence-corrected chi connectivity index (χ4v) is 4.44. The number of nitrogens with zero attached hydrogens (tertiary/aromatic N) is 2. The Morgan fingerprint density at radius 3 is 2.48 bits per heavy atom. The highest BCUT2D eigenvalue weighted by molar-refractivity contribution is 9.11. The molecule has 0 aromatic carbocycles. The molecule has 1 N–H and O–H groups in total. The zero-order valence-electron chi connectivity index (χ0n) is 13.3. The molecule has 25 heavy (non-hydrogen) atoms. The molecule has 3 heterocycles. The molecule has 0 atom stereocenters. The van der Waals surface area contributed by atoms with Crippen molar-refractivity contribution in [2.24, 2.45) is 0 Å². The quantitative estimate of drug-likeness (QED) is 0.699. The van der Waals surface area contributed by atoms with Crippen LogP contribution in [0.4, 0.5) is 0 Å². The van der Waals surface area contributed by atoms with Crippen LogP contribution >= 0.6 is 43.2 Å². The number of rotatable bonds is 5. The van der Waals surface area contributed by atoms with Crippen molar-refractivity contribution >= 4 is 55.0 Å². The van der Waals surface area contributed by atoms with Crippen molar-refractivity contribution < 1.29 is 14.0 Å². The maximum Gasteiger partial charge on any atom is 0.287 e. The van der Waals surface area contributed by atoms with Crippen LogP contribution in [0.1, 0.15) is 15.4 Å². The van der Waals surface area contributed by atoms with Gasteiger partial charge >= 0.3 is 0 Å². The van der Waals surface area contributed by atoms with E-state index in [1.165, 1.54) is 4.88 Å². The summed E-state index contributed by atoms with van der Waals surface area (Å²) in [6.07, 6.45) is 0. The van der Waals surface area contributed by atoms with Crippen molar-refractivity contribution in [3.63, 3.8) is 0 Å². The lowest BCUT2D eigenvalue weighted by molar-refractivity contribution is -0.131. The van der Waals surface area contributed by atoms with Gasteiger partial charge in [0.1, 0.15) is 0 Å². The lowest BCUT2D eigenvalue weighted by Crippen LogP contribution is -2.50. The minimum Gasteiger partial charge on any atom is -0.444 e. The first-order chi connectivity index (χ1) is 12.0. The van der Waals surface area contributed by atoms with Gasteiger partial charge in [-0.1, -0.05) is 0 Å². The van der Waals surface area contributed by atoms with Crippen molar-refractivity contribution in [1.29, 1.82) is 0 Å². The van der Waals surface area contributed by atoms with Gasteiger partial charge in [-0.2, -0.15) is 0 Å². The molecular formula is C16H17Br2N3O3S. The Morgan fingerprint density at radius 2 is 1.88 bits per heavy atom. The lowest BCUT2D eigenvalue weighted by atomic mass is 10.3. The van der Waals surface area contributed by atoms with Gasteiger partial charge in [0, 0.05) is 37.6 Å². The molecule has 1 aliphatic heterocycles. The summed E-state index contributed by atoms with van der Waals surface area (Å²) in [6, 6.07) is 7.38. The van der Waals surface area contributed by atoms with Crippen molar-refractivity contribution in [2.45, 2.75) is 6.54 Å². The SMILES string of the molecule is O=C(NCC(=O)N1CCN(Cc2ccc(Br)s2)CC1)c1ccc(Br)o1. The first kappa shape index (κ1) is 18.6. The van der Waals surface area contributed by atoms with Crippen LogP contribution in [0.15, 0.2) is 37.1 Å². The number of piperazine rings is 1. The first-order valence-electron chi connectivity index (χ1n) is 7.79. The molecule has 0 radical (unpaired) electrons. The monoisotopic (exact) mass is 489 g/mol. The fourth-order valence-electron chi connectivity index (χ4n) is 2.60. The highest BCUT2D eigenvalue weighted by atomic mass is 79.9. The summed E-state index contributed by atoms with van der Waals surface area (Å²) in [5.74, 6) is -0.273. The number of nitrogens with one attached hydrogen (secondary N) is 1. The number of furan rings is 1. The second-order valence-corrected chi connectivity index (χ2v) is 8.98. The molecule has 0 saturated carbocycles. The third kappa shape index (κ3) is 5.16. The maximum absolute atomic E-state index is 12.3. The predicted octanol–water partition coefficient (Wildman–Crippen LogP) is 2.94. The van der Waals surface area contributed by atoms with Crippen LogP contribution in [-0.4, -0.2) is 54.3 Å². The Hall–Kier alpha value is -1.16. The van der Waals surface area contributed by atoms with E-state index in [1.54, 1.807) is 28.4 Å². The molecule has 6 nitrogen and oxygen atoms in total. The molecule has 0 spiro atoms. The Morgan fingerprint density at radius 1 is 1.12 bits per heavy atom. The minimum atomic E-state index is -0.388. The van der Waals surface area contributed by atoms with E-state index in [9.17, 15) is 9.59 Å². The number of halogens is 2. The molecule has 1 aliphatic rings. The number of hydrogen-bond acceptors (Lipinski definition) is 5. The molecule has 0 unspecified atom stereocenters. The highest BCUT2D eigenvalue weighted by Gasteiger charge is 2.22. The molecule has 3 rings (SSSR count). The van der Waals surface area contributed by atoms with Crippen LogP contribution in [0.3, 0.4) is 0 Å². The molecule has 134 valence electrons. The third-order valence-corrected chi connectivity index (χ3v) is 5.97. The molecule has 1 fully saturated rings. The molecule has 1 saturated heterocycles. The molecule has 0 bridgehead atoms. The second kappa shape index (κ2) is 8.48. The lowest BCUT2D eigenvalue weighted by Gasteiger charge is -2.34. The van der Waals surface area contributed by atoms with Gasteiger partial charge in [0.2, 0.25) is 5.91 Å². The molecular weight excluding hydrogens is 474 g/mol. The molecule has 9 heteroatoms. The van der Waals surface area contributed by atoms with E-state index in [0.29, 0.717) is 17.8 Å². The zero-order valence-corrected chi connectivity index (χ0v) is 17.3. The summed E-state index contributed by atoms with van der Waals surface area (Å²) >= 11 is 8.36. The van der Waals surface area contributed by atoms with Crippen LogP contribution in [-0.2, 0) is 11.3 Å². The van der Waals surface area contributed by atoms with Crippen LogP contribution in [0.5, 0.6) is 0 Å². The molecule has 2 aromatic rings. The zero-order chi connectivity index (χ0) is 17.8. The molecule has 2 amide bonds. The summed E-state index contributed by atoms with van der Waals surface area (Å²) in [6.45, 7) is 3.90. The Kier molecular flexibility index (Phi) is 6.32. The summed E-state index contributed by atoms with van der Waals surface area (Å²) in [5.41, 5.74) is 0. The number of carbonyl (C=O) groups is 2. The maximum atomic E-state index is 12.3. The largest absolute Gasteiger partial charge is 0.444 e. The van der Waals surface area contributed by atoms with E-state index in [4.69, 9.17) is 4.42 Å². The minimum absolute atomic E-state index is 0.0188. The van der Waals surface area contributed by atoms with Crippen LogP contribution in [0.2, 0.25) is 0 Å². The van der Waals surface area contributed by atoms with Crippen molar-refractivity contribution in [3.05, 3.63) is 43.4 Å². The topological polar surface area (TPSA) is 65.8 Å². The first-order valence-corrected chi connectivity index (χ1v) is 10.2. The number of thiophene rings is 1. The van der Waals surface area contributed by atoms with Gasteiger partial charge in [-0.05, 0) is 56.1 Å². The van der Waals surface area contributed by atoms with Gasteiger partial charge in [0.05, 0.1) is 10.3 Å². The smallest absolute Gasteiger partial charge is 0.287 e. The number of carbonyl (C=O) groups excluding carboxylic acids is 2. The number of hydrogen-bond donors (Lipinski definition) is 1. The summed E-state index contributed by atoms with van der Waals surface area (Å²) in [7, 11) is 0. The second-order valence-electron chi connectivity index (χ2n) is 5.65. The summed E-state index contributed by atoms with van der Waals surface area (Å²) in [4.78, 5) is 29.6. The van der Waals surface area contributed by atoms with Crippen LogP contribution in [0.25, 0.3) is 0 Å². The Balaban J connectivity index is 1.41. The predicted molar refractivity (Wildman–Crippen MR) is 103 cm³/mol. The normalized spacial score (nSPS) is 15.4. The number of amides is 2. The van der Waals surface area contributed by atoms with Crippen molar-refractivity contribution in [1.82, 2.24) is 15.1 Å². The summed E-state index contributed by atoms with van der Waals surface area (Å²) < 4.78 is 6.79. The molecule has 2 aromatic heterocycles. The summed E-state index contributed by atoms with van der Waals surface area (Å²) in [5, 5.41) is 2.60. The Labute approximate surface area is 166 Å². The standard InChI is InChI=1S/C16H17Br2N3O3S/c17-13-3-2-12(24-13)16(23)19-9-15(22)21-7-5-20(6-8-21)10-11-1-4-14(18)25-11/h1-4H,5-10H2,(H,19,23). The average Bonchev–Trinajstić information content (AvgIpc) is 3.21. The van der Waals surface area contributed by atoms with Crippen LogP contribution < -0.4 is 5.32 Å². The van der Waals surface area contributed by atoms with E-state index < -0.39 is 0 Å². The van der Waals surface area contributed by atoms with E-state index >= 15 is 0 Å². The third-order valence-electron chi connectivity index (χ3n) is 3.93. The van der Waals surface area contributed by atoms with Crippen LogP contribution in [0, 0.1) is 0 Å². The van der Waals surface area contributed by atoms with Crippen molar-refractivity contribution in [2.75, 3.05) is 32.7 Å².